The van der Waals surface area contributed by atoms with Crippen molar-refractivity contribution in [2.45, 2.75) is 27.2 Å². The molecule has 0 amide bonds. The molecule has 2 bridgehead atoms. The number of benzene rings is 7. The summed E-state index contributed by atoms with van der Waals surface area (Å²) in [5.41, 5.74) is 21.6. The predicted octanol–water partition coefficient (Wildman–Crippen LogP) is 10.1. The number of rotatable bonds is 5. The molecule has 2 aliphatic carbocycles. The van der Waals surface area contributed by atoms with E-state index in [0.717, 1.165) is 29.2 Å². The van der Waals surface area contributed by atoms with Gasteiger partial charge in [0.15, 0.2) is 0 Å². The summed E-state index contributed by atoms with van der Waals surface area (Å²) in [5, 5.41) is 0. The third-order valence-electron chi connectivity index (χ3n) is 10.8. The highest BCUT2D eigenvalue weighted by Gasteiger charge is 2.45. The van der Waals surface area contributed by atoms with Gasteiger partial charge in [-0.1, -0.05) is 89.5 Å². The van der Waals surface area contributed by atoms with Crippen LogP contribution in [0.15, 0.2) is 152 Å². The second-order valence-electron chi connectivity index (χ2n) is 14.1. The first-order valence-corrected chi connectivity index (χ1v) is 17.6. The Morgan fingerprint density at radius 1 is 0.460 bits per heavy atom. The van der Waals surface area contributed by atoms with Gasteiger partial charge in [-0.2, -0.15) is 0 Å². The maximum absolute atomic E-state index is 2.50. The molecule has 0 fully saturated rings. The number of anilines is 9. The zero-order chi connectivity index (χ0) is 33.5. The molecule has 7 aromatic rings. The Kier molecular flexibility index (Phi) is 6.38. The topological polar surface area (TPSA) is 9.72 Å². The van der Waals surface area contributed by atoms with Crippen LogP contribution in [0.3, 0.4) is 0 Å². The van der Waals surface area contributed by atoms with Crippen molar-refractivity contribution in [3.63, 3.8) is 0 Å². The first-order chi connectivity index (χ1) is 24.5. The van der Waals surface area contributed by atoms with Crippen LogP contribution in [0.5, 0.6) is 0 Å². The average molecular weight is 642 g/mol. The van der Waals surface area contributed by atoms with Crippen LogP contribution in [0.4, 0.5) is 51.2 Å². The van der Waals surface area contributed by atoms with Crippen molar-refractivity contribution >= 4 is 74.3 Å². The molecule has 0 spiro atoms. The molecule has 0 saturated carbocycles. The molecule has 7 aromatic carbocycles. The lowest BCUT2D eigenvalue weighted by Gasteiger charge is -2.46. The smallest absolute Gasteiger partial charge is 0.252 e. The second-order valence-corrected chi connectivity index (χ2v) is 14.1. The van der Waals surface area contributed by atoms with Gasteiger partial charge in [-0.15, -0.1) is 0 Å². The summed E-state index contributed by atoms with van der Waals surface area (Å²) in [5.74, 6) is 0. The molecular weight excluding hydrogens is 605 g/mol. The Balaban J connectivity index is 1.24. The molecule has 0 atom stereocenters. The summed E-state index contributed by atoms with van der Waals surface area (Å²) in [6.07, 6.45) is 1.04. The molecule has 0 unspecified atom stereocenters. The van der Waals surface area contributed by atoms with Crippen molar-refractivity contribution in [1.29, 1.82) is 0 Å². The fourth-order valence-corrected chi connectivity index (χ4v) is 8.33. The Bertz CT molecular complexity index is 2390. The Morgan fingerprint density at radius 3 is 1.62 bits per heavy atom. The van der Waals surface area contributed by atoms with Crippen LogP contribution in [0, 0.1) is 20.8 Å². The predicted molar refractivity (Wildman–Crippen MR) is 212 cm³/mol. The van der Waals surface area contributed by atoms with Gasteiger partial charge in [0.1, 0.15) is 0 Å². The highest BCUT2D eigenvalue weighted by molar-refractivity contribution is 7.00. The molecule has 0 radical (unpaired) electrons. The third kappa shape index (κ3) is 4.38. The first kappa shape index (κ1) is 29.0. The van der Waals surface area contributed by atoms with Gasteiger partial charge in [-0.3, -0.25) is 0 Å². The van der Waals surface area contributed by atoms with E-state index >= 15 is 0 Å². The van der Waals surface area contributed by atoms with Gasteiger partial charge in [0.25, 0.3) is 6.71 Å². The largest absolute Gasteiger partial charge is 0.311 e. The summed E-state index contributed by atoms with van der Waals surface area (Å²) in [6, 6.07) is 56.6. The Hall–Kier alpha value is -6.00. The summed E-state index contributed by atoms with van der Waals surface area (Å²) in [6.45, 7) is 6.59. The van der Waals surface area contributed by atoms with Gasteiger partial charge in [0.2, 0.25) is 0 Å². The van der Waals surface area contributed by atoms with Crippen LogP contribution in [0.2, 0.25) is 0 Å². The summed E-state index contributed by atoms with van der Waals surface area (Å²) in [7, 11) is 0. The molecule has 3 nitrogen and oxygen atoms in total. The van der Waals surface area contributed by atoms with Gasteiger partial charge >= 0.3 is 0 Å². The van der Waals surface area contributed by atoms with Gasteiger partial charge in [-0.25, -0.2) is 0 Å². The van der Waals surface area contributed by atoms with E-state index in [1.165, 1.54) is 72.6 Å². The van der Waals surface area contributed by atoms with Gasteiger partial charge in [0.05, 0.1) is 0 Å². The molecule has 50 heavy (non-hydrogen) atoms. The van der Waals surface area contributed by atoms with E-state index in [9.17, 15) is 0 Å². The molecule has 2 heterocycles. The lowest BCUT2D eigenvalue weighted by atomic mass is 9.32. The fraction of sp³-hybridized carbons (Fsp3) is 0.0870. The quantitative estimate of drug-likeness (QED) is 0.173. The molecule has 0 aromatic heterocycles. The fourth-order valence-electron chi connectivity index (χ4n) is 8.33. The second kappa shape index (κ2) is 11.0. The SMILES string of the molecule is Cc1ccc(N(c2ccc(C)cc2)c2ccc3c(c2)N(c2ccc(C)cc2)c2cccc4c2B3c2c3cc(cc2N4c2ccccc2)C3)cc1. The number of fused-ring (bicyclic) bond motifs is 2. The number of hydrogen-bond acceptors (Lipinski definition) is 3. The zero-order valence-corrected chi connectivity index (χ0v) is 28.6. The Morgan fingerprint density at radius 2 is 1.00 bits per heavy atom. The molecule has 4 heteroatoms. The standard InChI is InChI=1S/C46H36BN3/c1-30-12-18-36(19-13-30)48(37-20-14-31(2)15-21-37)39-24-25-40-43(29-39)49(38-22-16-32(3)17-23-38)41-10-7-11-42-46(41)47(40)45-34-26-33(27-34)28-44(45)50(42)35-8-5-4-6-9-35/h4-26,28-29H,27H2,1-3H3. The van der Waals surface area contributed by atoms with E-state index in [4.69, 9.17) is 0 Å². The maximum atomic E-state index is 2.50. The molecule has 2 aliphatic heterocycles. The van der Waals surface area contributed by atoms with Crippen molar-refractivity contribution in [3.8, 4) is 0 Å². The van der Waals surface area contributed by atoms with Crippen molar-refractivity contribution in [3.05, 3.63) is 179 Å². The van der Waals surface area contributed by atoms with Crippen LogP contribution in [-0.4, -0.2) is 6.71 Å². The number of nitrogens with zero attached hydrogens (tertiary/aromatic N) is 3. The summed E-state index contributed by atoms with van der Waals surface area (Å²) < 4.78 is 0. The lowest BCUT2D eigenvalue weighted by Crippen LogP contribution is -2.62. The van der Waals surface area contributed by atoms with Gasteiger partial charge in [-0.05, 0) is 134 Å². The highest BCUT2D eigenvalue weighted by Crippen LogP contribution is 2.47. The van der Waals surface area contributed by atoms with Crippen molar-refractivity contribution in [2.75, 3.05) is 14.7 Å². The monoisotopic (exact) mass is 641 g/mol. The number of aryl methyl sites for hydroxylation is 3. The Labute approximate surface area is 294 Å². The van der Waals surface area contributed by atoms with Crippen LogP contribution in [0.25, 0.3) is 0 Å². The van der Waals surface area contributed by atoms with Crippen LogP contribution in [-0.2, 0) is 6.42 Å². The van der Waals surface area contributed by atoms with Crippen molar-refractivity contribution in [1.82, 2.24) is 0 Å². The van der Waals surface area contributed by atoms with Crippen LogP contribution >= 0.6 is 0 Å². The minimum absolute atomic E-state index is 0.124. The summed E-state index contributed by atoms with van der Waals surface area (Å²) >= 11 is 0. The van der Waals surface area contributed by atoms with Crippen molar-refractivity contribution in [2.24, 2.45) is 0 Å². The van der Waals surface area contributed by atoms with E-state index in [2.05, 4.69) is 187 Å². The van der Waals surface area contributed by atoms with Crippen LogP contribution < -0.4 is 31.1 Å². The molecule has 238 valence electrons. The number of hydrogen-bond donors (Lipinski definition) is 0. The van der Waals surface area contributed by atoms with Crippen LogP contribution in [0.1, 0.15) is 27.8 Å². The first-order valence-electron chi connectivity index (χ1n) is 17.6. The lowest BCUT2D eigenvalue weighted by molar-refractivity contribution is 1.09. The molecule has 0 saturated heterocycles. The van der Waals surface area contributed by atoms with E-state index in [0.29, 0.717) is 0 Å². The van der Waals surface area contributed by atoms with Gasteiger partial charge in [0, 0.05) is 51.2 Å². The van der Waals surface area contributed by atoms with E-state index in [1.54, 1.807) is 0 Å². The van der Waals surface area contributed by atoms with E-state index in [-0.39, 0.29) is 6.71 Å². The molecule has 0 N–H and O–H groups in total. The van der Waals surface area contributed by atoms with E-state index in [1.807, 2.05) is 0 Å². The minimum atomic E-state index is 0.124. The molecule has 4 aliphatic rings. The molecule has 11 rings (SSSR count). The highest BCUT2D eigenvalue weighted by atomic mass is 15.2. The minimum Gasteiger partial charge on any atom is -0.311 e. The maximum Gasteiger partial charge on any atom is 0.252 e. The third-order valence-corrected chi connectivity index (χ3v) is 10.8. The van der Waals surface area contributed by atoms with E-state index < -0.39 is 0 Å². The zero-order valence-electron chi connectivity index (χ0n) is 28.6. The average Bonchev–Trinajstić information content (AvgIpc) is 3.13. The van der Waals surface area contributed by atoms with Crippen molar-refractivity contribution < 1.29 is 0 Å². The van der Waals surface area contributed by atoms with Gasteiger partial charge < -0.3 is 14.7 Å². The normalized spacial score (nSPS) is 13.3. The number of para-hydroxylation sites is 1. The summed E-state index contributed by atoms with van der Waals surface area (Å²) in [4.78, 5) is 7.40. The molecular formula is C46H36BN3.